The molecule has 2 aromatic rings. The number of hydrogen-bond acceptors (Lipinski definition) is 7. The van der Waals surface area contributed by atoms with Crippen LogP contribution in [0.1, 0.15) is 20.7 Å². The van der Waals surface area contributed by atoms with Gasteiger partial charge in [-0.15, -0.1) is 0 Å². The summed E-state index contributed by atoms with van der Waals surface area (Å²) in [5.74, 6) is -1.32. The highest BCUT2D eigenvalue weighted by atomic mass is 16.5. The summed E-state index contributed by atoms with van der Waals surface area (Å²) >= 11 is 0. The van der Waals surface area contributed by atoms with E-state index < -0.39 is 11.9 Å². The Morgan fingerprint density at radius 1 is 0.897 bits per heavy atom. The quantitative estimate of drug-likeness (QED) is 0.454. The molecule has 0 aliphatic heterocycles. The van der Waals surface area contributed by atoms with E-state index in [0.29, 0.717) is 12.4 Å². The molecule has 29 heavy (non-hydrogen) atoms. The summed E-state index contributed by atoms with van der Waals surface area (Å²) in [5.41, 5.74) is 0.300. The lowest BCUT2D eigenvalue weighted by Gasteiger charge is -2.06. The molecule has 0 unspecified atom stereocenters. The highest BCUT2D eigenvalue weighted by molar-refractivity contribution is 5.90. The third-order valence-corrected chi connectivity index (χ3v) is 3.30. The van der Waals surface area contributed by atoms with Crippen LogP contribution in [-0.4, -0.2) is 47.6 Å². The number of hydrogen-bond donors (Lipinski definition) is 3. The molecule has 0 aliphatic rings. The summed E-state index contributed by atoms with van der Waals surface area (Å²) in [6, 6.07) is 8.23. The van der Waals surface area contributed by atoms with E-state index in [0.717, 1.165) is 6.07 Å². The van der Waals surface area contributed by atoms with Crippen LogP contribution in [0.2, 0.25) is 0 Å². The Morgan fingerprint density at radius 3 is 1.72 bits per heavy atom. The van der Waals surface area contributed by atoms with Gasteiger partial charge in [-0.2, -0.15) is 0 Å². The van der Waals surface area contributed by atoms with Crippen LogP contribution in [0.3, 0.4) is 0 Å². The standard InChI is InChI=1S/C11H12O4.C10H10O4/c1-3-6-15-10-5-4-8(7-9(10)12)11(13)14-2;1-2-5-14-9-4-3-7(10(12)13)6-8(9)11/h3-5,7,12H,1,6H2,2H3;2-4,6,11H,1,5H2,(H,12,13). The summed E-state index contributed by atoms with van der Waals surface area (Å²) in [6.07, 6.45) is 3.10. The molecule has 0 spiro atoms. The molecule has 0 atom stereocenters. The van der Waals surface area contributed by atoms with E-state index in [1.165, 1.54) is 43.5 Å². The van der Waals surface area contributed by atoms with Crippen molar-refractivity contribution in [3.05, 3.63) is 72.8 Å². The van der Waals surface area contributed by atoms with Crippen molar-refractivity contribution in [3.8, 4) is 23.0 Å². The molecule has 2 aromatic carbocycles. The van der Waals surface area contributed by atoms with Crippen LogP contribution in [0.15, 0.2) is 61.7 Å². The highest BCUT2D eigenvalue weighted by Gasteiger charge is 2.09. The molecule has 0 bridgehead atoms. The van der Waals surface area contributed by atoms with E-state index in [2.05, 4.69) is 17.9 Å². The molecular weight excluding hydrogens is 380 g/mol. The first-order chi connectivity index (χ1) is 13.8. The van der Waals surface area contributed by atoms with Crippen LogP contribution >= 0.6 is 0 Å². The molecule has 8 heteroatoms. The largest absolute Gasteiger partial charge is 0.504 e. The van der Waals surface area contributed by atoms with Gasteiger partial charge in [0, 0.05) is 0 Å². The second kappa shape index (κ2) is 11.7. The van der Waals surface area contributed by atoms with Gasteiger partial charge in [-0.05, 0) is 36.4 Å². The van der Waals surface area contributed by atoms with Gasteiger partial charge in [0.1, 0.15) is 13.2 Å². The summed E-state index contributed by atoms with van der Waals surface area (Å²) < 4.78 is 14.7. The number of carbonyl (C=O) groups is 2. The van der Waals surface area contributed by atoms with Crippen LogP contribution in [0.4, 0.5) is 0 Å². The zero-order valence-corrected chi connectivity index (χ0v) is 15.8. The van der Waals surface area contributed by atoms with Crippen molar-refractivity contribution in [2.24, 2.45) is 0 Å². The number of carbonyl (C=O) groups excluding carboxylic acids is 1. The number of rotatable bonds is 8. The molecule has 154 valence electrons. The normalized spacial score (nSPS) is 9.41. The number of ether oxygens (including phenoxy) is 3. The average Bonchev–Trinajstić information content (AvgIpc) is 2.71. The molecule has 0 radical (unpaired) electrons. The Bertz CT molecular complexity index is 873. The first-order valence-corrected chi connectivity index (χ1v) is 8.29. The highest BCUT2D eigenvalue weighted by Crippen LogP contribution is 2.27. The average molecular weight is 402 g/mol. The van der Waals surface area contributed by atoms with Crippen molar-refractivity contribution < 1.29 is 39.1 Å². The molecule has 0 amide bonds. The number of esters is 1. The van der Waals surface area contributed by atoms with Gasteiger partial charge >= 0.3 is 11.9 Å². The first kappa shape index (κ1) is 23.1. The molecule has 2 rings (SSSR count). The molecule has 0 saturated heterocycles. The minimum Gasteiger partial charge on any atom is -0.504 e. The lowest BCUT2D eigenvalue weighted by atomic mass is 10.2. The van der Waals surface area contributed by atoms with Gasteiger partial charge in [0.25, 0.3) is 0 Å². The Labute approximate surface area is 167 Å². The van der Waals surface area contributed by atoms with E-state index in [1.54, 1.807) is 6.08 Å². The van der Waals surface area contributed by atoms with Crippen molar-refractivity contribution in [2.75, 3.05) is 20.3 Å². The number of carboxylic acid groups (broad SMARTS) is 1. The topological polar surface area (TPSA) is 123 Å². The van der Waals surface area contributed by atoms with Crippen LogP contribution in [0.5, 0.6) is 23.0 Å². The lowest BCUT2D eigenvalue weighted by molar-refractivity contribution is 0.0599. The molecule has 0 heterocycles. The number of methoxy groups -OCH3 is 1. The van der Waals surface area contributed by atoms with Crippen molar-refractivity contribution in [3.63, 3.8) is 0 Å². The Balaban J connectivity index is 0.000000291. The van der Waals surface area contributed by atoms with E-state index >= 15 is 0 Å². The predicted octanol–water partition coefficient (Wildman–Crippen LogP) is 3.40. The molecule has 3 N–H and O–H groups in total. The van der Waals surface area contributed by atoms with Crippen molar-refractivity contribution >= 4 is 11.9 Å². The van der Waals surface area contributed by atoms with E-state index in [9.17, 15) is 19.8 Å². The van der Waals surface area contributed by atoms with E-state index in [4.69, 9.17) is 14.6 Å². The van der Waals surface area contributed by atoms with Crippen molar-refractivity contribution in [1.82, 2.24) is 0 Å². The molecule has 0 fully saturated rings. The predicted molar refractivity (Wildman–Crippen MR) is 106 cm³/mol. The van der Waals surface area contributed by atoms with Gasteiger partial charge < -0.3 is 29.5 Å². The zero-order chi connectivity index (χ0) is 21.8. The van der Waals surface area contributed by atoms with Crippen molar-refractivity contribution in [2.45, 2.75) is 0 Å². The fourth-order valence-electron chi connectivity index (χ4n) is 1.95. The molecule has 0 aromatic heterocycles. The summed E-state index contributed by atoms with van der Waals surface area (Å²) in [4.78, 5) is 21.6. The Morgan fingerprint density at radius 2 is 1.34 bits per heavy atom. The molecule has 0 saturated carbocycles. The van der Waals surface area contributed by atoms with Gasteiger partial charge in [0.2, 0.25) is 0 Å². The Kier molecular flexibility index (Phi) is 9.32. The summed E-state index contributed by atoms with van der Waals surface area (Å²) in [7, 11) is 1.28. The summed E-state index contributed by atoms with van der Waals surface area (Å²) in [5, 5.41) is 27.4. The second-order valence-corrected chi connectivity index (χ2v) is 5.36. The second-order valence-electron chi connectivity index (χ2n) is 5.36. The number of aromatic carboxylic acids is 1. The zero-order valence-electron chi connectivity index (χ0n) is 15.8. The molecule has 8 nitrogen and oxygen atoms in total. The lowest BCUT2D eigenvalue weighted by Crippen LogP contribution is -2.01. The van der Waals surface area contributed by atoms with Gasteiger partial charge in [-0.3, -0.25) is 0 Å². The van der Waals surface area contributed by atoms with Gasteiger partial charge in [-0.1, -0.05) is 25.3 Å². The van der Waals surface area contributed by atoms with E-state index in [1.807, 2.05) is 0 Å². The number of aromatic hydroxyl groups is 2. The minimum absolute atomic E-state index is 0.0217. The van der Waals surface area contributed by atoms with Crippen LogP contribution in [-0.2, 0) is 4.74 Å². The number of benzene rings is 2. The number of carboxylic acids is 1. The third-order valence-electron chi connectivity index (χ3n) is 3.30. The molecular formula is C21H22O8. The maximum Gasteiger partial charge on any atom is 0.337 e. The SMILES string of the molecule is C=CCOc1ccc(C(=O)O)cc1O.C=CCOc1ccc(C(=O)OC)cc1O. The van der Waals surface area contributed by atoms with Gasteiger partial charge in [0.15, 0.2) is 23.0 Å². The smallest absolute Gasteiger partial charge is 0.337 e. The maximum atomic E-state index is 11.1. The monoisotopic (exact) mass is 402 g/mol. The van der Waals surface area contributed by atoms with Gasteiger partial charge in [-0.25, -0.2) is 9.59 Å². The van der Waals surface area contributed by atoms with Crippen LogP contribution in [0.25, 0.3) is 0 Å². The maximum absolute atomic E-state index is 11.1. The third kappa shape index (κ3) is 7.30. The Hall–Kier alpha value is -3.94. The van der Waals surface area contributed by atoms with E-state index in [-0.39, 0.29) is 35.0 Å². The van der Waals surface area contributed by atoms with Crippen molar-refractivity contribution in [1.29, 1.82) is 0 Å². The van der Waals surface area contributed by atoms with Crippen LogP contribution < -0.4 is 9.47 Å². The fourth-order valence-corrected chi connectivity index (χ4v) is 1.95. The first-order valence-electron chi connectivity index (χ1n) is 8.29. The molecule has 0 aliphatic carbocycles. The van der Waals surface area contributed by atoms with Crippen LogP contribution in [0, 0.1) is 0 Å². The number of phenolic OH excluding ortho intramolecular Hbond substituents is 2. The minimum atomic E-state index is -1.09. The summed E-state index contributed by atoms with van der Waals surface area (Å²) in [6.45, 7) is 7.49. The fraction of sp³-hybridized carbons (Fsp3) is 0.143. The van der Waals surface area contributed by atoms with Gasteiger partial charge in [0.05, 0.1) is 18.2 Å². The number of phenols is 2.